The van der Waals surface area contributed by atoms with Crippen molar-refractivity contribution in [1.82, 2.24) is 30.3 Å². The van der Waals surface area contributed by atoms with Crippen molar-refractivity contribution in [1.29, 1.82) is 0 Å². The Balaban J connectivity index is 1.40. The number of aliphatic imine (C=N–C) groups is 1. The van der Waals surface area contributed by atoms with E-state index in [0.29, 0.717) is 11.8 Å². The summed E-state index contributed by atoms with van der Waals surface area (Å²) in [5, 5.41) is 7.43. The highest BCUT2D eigenvalue weighted by molar-refractivity contribution is 5.80. The Bertz CT molecular complexity index is 722. The molecule has 0 saturated carbocycles. The van der Waals surface area contributed by atoms with Crippen LogP contribution < -0.4 is 10.2 Å². The summed E-state index contributed by atoms with van der Waals surface area (Å²) in [6, 6.07) is 1.84. The minimum Gasteiger partial charge on any atom is -0.356 e. The Morgan fingerprint density at radius 1 is 1.22 bits per heavy atom. The molecule has 27 heavy (non-hydrogen) atoms. The Hall–Kier alpha value is -2.71. The molecule has 1 aliphatic heterocycles. The number of nitrogens with one attached hydrogen (secondary N) is 1. The largest absolute Gasteiger partial charge is 0.356 e. The molecular weight excluding hydrogens is 344 g/mol. The van der Waals surface area contributed by atoms with Crippen LogP contribution in [0.25, 0.3) is 0 Å². The molecule has 2 aromatic heterocycles. The predicted molar refractivity (Wildman–Crippen MR) is 104 cm³/mol. The first-order chi connectivity index (χ1) is 13.2. The SMILES string of the molecule is CN=C(NCCCc1nc(C(C)C)no1)N1CCN(c2ncccn2)CC1. The molecule has 0 aliphatic carbocycles. The summed E-state index contributed by atoms with van der Waals surface area (Å²) in [7, 11) is 1.82. The lowest BCUT2D eigenvalue weighted by atomic mass is 10.2. The van der Waals surface area contributed by atoms with E-state index in [4.69, 9.17) is 4.52 Å². The highest BCUT2D eigenvalue weighted by Crippen LogP contribution is 2.11. The van der Waals surface area contributed by atoms with E-state index in [1.165, 1.54) is 0 Å². The Morgan fingerprint density at radius 2 is 1.96 bits per heavy atom. The fraction of sp³-hybridized carbons (Fsp3) is 0.611. The molecule has 0 spiro atoms. The molecule has 0 amide bonds. The van der Waals surface area contributed by atoms with Crippen LogP contribution in [0.3, 0.4) is 0 Å². The molecule has 1 saturated heterocycles. The van der Waals surface area contributed by atoms with Crippen molar-refractivity contribution in [2.45, 2.75) is 32.6 Å². The van der Waals surface area contributed by atoms with Gasteiger partial charge in [-0.05, 0) is 12.5 Å². The first kappa shape index (κ1) is 19.1. The first-order valence-corrected chi connectivity index (χ1v) is 9.47. The summed E-state index contributed by atoms with van der Waals surface area (Å²) in [5.74, 6) is 3.48. The number of hydrogen-bond donors (Lipinski definition) is 1. The second kappa shape index (κ2) is 9.29. The third kappa shape index (κ3) is 5.15. The van der Waals surface area contributed by atoms with Crippen molar-refractivity contribution in [3.05, 3.63) is 30.2 Å². The fourth-order valence-corrected chi connectivity index (χ4v) is 2.95. The Morgan fingerprint density at radius 3 is 2.59 bits per heavy atom. The van der Waals surface area contributed by atoms with E-state index >= 15 is 0 Å². The van der Waals surface area contributed by atoms with Gasteiger partial charge in [0, 0.05) is 64.5 Å². The highest BCUT2D eigenvalue weighted by atomic mass is 16.5. The van der Waals surface area contributed by atoms with Crippen LogP contribution in [-0.4, -0.2) is 70.7 Å². The van der Waals surface area contributed by atoms with Gasteiger partial charge in [-0.1, -0.05) is 19.0 Å². The van der Waals surface area contributed by atoms with Gasteiger partial charge in [0.25, 0.3) is 0 Å². The molecule has 0 unspecified atom stereocenters. The quantitative estimate of drug-likeness (QED) is 0.461. The maximum Gasteiger partial charge on any atom is 0.226 e. The van der Waals surface area contributed by atoms with Gasteiger partial charge < -0.3 is 19.6 Å². The molecule has 0 radical (unpaired) electrons. The summed E-state index contributed by atoms with van der Waals surface area (Å²) in [6.07, 6.45) is 5.24. The van der Waals surface area contributed by atoms with E-state index in [2.05, 4.69) is 54.1 Å². The van der Waals surface area contributed by atoms with Gasteiger partial charge >= 0.3 is 0 Å². The summed E-state index contributed by atoms with van der Waals surface area (Å²) in [4.78, 5) is 21.9. The van der Waals surface area contributed by atoms with Crippen LogP contribution in [0.4, 0.5) is 5.95 Å². The van der Waals surface area contributed by atoms with Gasteiger partial charge in [-0.25, -0.2) is 9.97 Å². The van der Waals surface area contributed by atoms with Crippen LogP contribution in [0, 0.1) is 0 Å². The predicted octanol–water partition coefficient (Wildman–Crippen LogP) is 1.31. The van der Waals surface area contributed by atoms with E-state index < -0.39 is 0 Å². The molecule has 3 rings (SSSR count). The lowest BCUT2D eigenvalue weighted by Gasteiger charge is -2.36. The summed E-state index contributed by atoms with van der Waals surface area (Å²) < 4.78 is 5.28. The van der Waals surface area contributed by atoms with E-state index in [1.54, 1.807) is 12.4 Å². The van der Waals surface area contributed by atoms with Crippen molar-refractivity contribution in [3.63, 3.8) is 0 Å². The van der Waals surface area contributed by atoms with Crippen LogP contribution in [0.15, 0.2) is 28.0 Å². The van der Waals surface area contributed by atoms with Gasteiger partial charge in [0.15, 0.2) is 11.8 Å². The number of hydrogen-bond acceptors (Lipinski definition) is 7. The molecule has 0 bridgehead atoms. The minimum absolute atomic E-state index is 0.291. The second-order valence-electron chi connectivity index (χ2n) is 6.80. The van der Waals surface area contributed by atoms with Crippen molar-refractivity contribution in [3.8, 4) is 0 Å². The zero-order valence-corrected chi connectivity index (χ0v) is 16.3. The van der Waals surface area contributed by atoms with Crippen LogP contribution in [0.1, 0.15) is 37.9 Å². The molecule has 1 N–H and O–H groups in total. The van der Waals surface area contributed by atoms with Crippen LogP contribution >= 0.6 is 0 Å². The molecule has 146 valence electrons. The third-order valence-corrected chi connectivity index (χ3v) is 4.48. The summed E-state index contributed by atoms with van der Waals surface area (Å²) >= 11 is 0. The van der Waals surface area contributed by atoms with Crippen LogP contribution in [0.5, 0.6) is 0 Å². The summed E-state index contributed by atoms with van der Waals surface area (Å²) in [6.45, 7) is 8.47. The van der Waals surface area contributed by atoms with Crippen LogP contribution in [-0.2, 0) is 6.42 Å². The Kier molecular flexibility index (Phi) is 6.56. The third-order valence-electron chi connectivity index (χ3n) is 4.48. The van der Waals surface area contributed by atoms with Gasteiger partial charge in [-0.2, -0.15) is 4.98 Å². The average molecular weight is 372 g/mol. The Labute approximate surface area is 159 Å². The van der Waals surface area contributed by atoms with Gasteiger partial charge in [0.1, 0.15) is 0 Å². The maximum atomic E-state index is 5.28. The number of rotatable bonds is 6. The summed E-state index contributed by atoms with van der Waals surface area (Å²) in [5.41, 5.74) is 0. The smallest absolute Gasteiger partial charge is 0.226 e. The van der Waals surface area contributed by atoms with E-state index in [0.717, 1.165) is 63.3 Å². The molecule has 0 atom stereocenters. The van der Waals surface area contributed by atoms with E-state index in [-0.39, 0.29) is 0 Å². The lowest BCUT2D eigenvalue weighted by Crippen LogP contribution is -2.53. The standard InChI is InChI=1S/C18H28N8O/c1-14(2)16-23-15(27-24-16)6-4-7-20-17(19-3)25-10-12-26(13-11-25)18-21-8-5-9-22-18/h5,8-9,14H,4,6-7,10-13H2,1-3H3,(H,19,20). The van der Waals surface area contributed by atoms with Gasteiger partial charge in [0.2, 0.25) is 11.8 Å². The molecule has 9 nitrogen and oxygen atoms in total. The first-order valence-electron chi connectivity index (χ1n) is 9.47. The average Bonchev–Trinajstić information content (AvgIpc) is 3.18. The fourth-order valence-electron chi connectivity index (χ4n) is 2.95. The number of nitrogens with zero attached hydrogens (tertiary/aromatic N) is 7. The van der Waals surface area contributed by atoms with Gasteiger partial charge in [0.05, 0.1) is 0 Å². The number of guanidine groups is 1. The van der Waals surface area contributed by atoms with E-state index in [9.17, 15) is 0 Å². The van der Waals surface area contributed by atoms with Crippen molar-refractivity contribution >= 4 is 11.9 Å². The molecule has 3 heterocycles. The molecule has 1 fully saturated rings. The number of piperazine rings is 1. The highest BCUT2D eigenvalue weighted by Gasteiger charge is 2.21. The van der Waals surface area contributed by atoms with Crippen molar-refractivity contribution in [2.24, 2.45) is 4.99 Å². The number of aryl methyl sites for hydroxylation is 1. The van der Waals surface area contributed by atoms with Gasteiger partial charge in [-0.3, -0.25) is 4.99 Å². The van der Waals surface area contributed by atoms with Crippen molar-refractivity contribution in [2.75, 3.05) is 44.7 Å². The van der Waals surface area contributed by atoms with Crippen LogP contribution in [0.2, 0.25) is 0 Å². The maximum absolute atomic E-state index is 5.28. The normalized spacial score (nSPS) is 15.5. The molecule has 2 aromatic rings. The topological polar surface area (TPSA) is 95.6 Å². The molecule has 9 heteroatoms. The van der Waals surface area contributed by atoms with Crippen molar-refractivity contribution < 1.29 is 4.52 Å². The second-order valence-corrected chi connectivity index (χ2v) is 6.80. The molecular formula is C18H28N8O. The number of aromatic nitrogens is 4. The zero-order valence-electron chi connectivity index (χ0n) is 16.3. The minimum atomic E-state index is 0.291. The monoisotopic (exact) mass is 372 g/mol. The lowest BCUT2D eigenvalue weighted by molar-refractivity contribution is 0.362. The van der Waals surface area contributed by atoms with E-state index in [1.807, 2.05) is 13.1 Å². The molecule has 1 aliphatic rings. The zero-order chi connectivity index (χ0) is 19.1. The number of anilines is 1. The van der Waals surface area contributed by atoms with Gasteiger partial charge in [-0.15, -0.1) is 0 Å². The molecule has 0 aromatic carbocycles.